The minimum Gasteiger partial charge on any atom is -0.458 e. The van der Waals surface area contributed by atoms with Gasteiger partial charge in [0.05, 0.1) is 5.56 Å². The molecule has 0 spiro atoms. The van der Waals surface area contributed by atoms with Crippen LogP contribution in [0.15, 0.2) is 29.8 Å². The highest BCUT2D eigenvalue weighted by molar-refractivity contribution is 5.91. The first kappa shape index (κ1) is 25.7. The number of carbonyl (C=O) groups excluding carboxylic acids is 1. The second kappa shape index (κ2) is 9.40. The van der Waals surface area contributed by atoms with E-state index in [0.717, 1.165) is 54.8 Å². The van der Waals surface area contributed by atoms with Crippen LogP contribution in [0.4, 0.5) is 11.4 Å². The summed E-state index contributed by atoms with van der Waals surface area (Å²) in [5.74, 6) is 4.68. The summed E-state index contributed by atoms with van der Waals surface area (Å²) in [6, 6.07) is 4.98. The Hall–Kier alpha value is -1.97. The Kier molecular flexibility index (Phi) is 6.71. The summed E-state index contributed by atoms with van der Waals surface area (Å²) in [4.78, 5) is 12.8. The number of rotatable bonds is 5. The molecule has 0 aliphatic heterocycles. The van der Waals surface area contributed by atoms with Gasteiger partial charge in [-0.15, -0.1) is 0 Å². The maximum Gasteiger partial charge on any atom is 0.338 e. The minimum absolute atomic E-state index is 0.0577. The molecule has 0 radical (unpaired) electrons. The van der Waals surface area contributed by atoms with E-state index in [9.17, 15) is 4.79 Å². The monoisotopic (exact) mass is 492 g/mol. The fourth-order valence-corrected chi connectivity index (χ4v) is 9.63. The molecule has 0 amide bonds. The predicted octanol–water partition coefficient (Wildman–Crippen LogP) is 7.64. The number of fused-ring (bicyclic) bond motifs is 5. The van der Waals surface area contributed by atoms with Gasteiger partial charge in [0, 0.05) is 17.8 Å². The van der Waals surface area contributed by atoms with E-state index in [-0.39, 0.29) is 17.5 Å². The molecule has 0 heterocycles. The van der Waals surface area contributed by atoms with Crippen LogP contribution in [0.3, 0.4) is 0 Å². The van der Waals surface area contributed by atoms with Crippen LogP contribution in [0.25, 0.3) is 0 Å². The van der Waals surface area contributed by atoms with Gasteiger partial charge in [-0.2, -0.15) is 0 Å². The third-order valence-electron chi connectivity index (χ3n) is 11.1. The van der Waals surface area contributed by atoms with Crippen molar-refractivity contribution in [3.05, 3.63) is 35.4 Å². The lowest BCUT2D eigenvalue weighted by Crippen LogP contribution is -2.51. The second-order valence-corrected chi connectivity index (χ2v) is 13.8. The van der Waals surface area contributed by atoms with Crippen LogP contribution < -0.4 is 11.5 Å². The average molecular weight is 493 g/mol. The first-order chi connectivity index (χ1) is 17.0. The van der Waals surface area contributed by atoms with E-state index < -0.39 is 0 Å². The van der Waals surface area contributed by atoms with E-state index in [2.05, 4.69) is 40.7 Å². The molecular weight excluding hydrogens is 444 g/mol. The number of anilines is 2. The van der Waals surface area contributed by atoms with Gasteiger partial charge in [-0.05, 0) is 116 Å². The number of hydrogen-bond acceptors (Lipinski definition) is 4. The Morgan fingerprint density at radius 2 is 1.72 bits per heavy atom. The molecule has 3 fully saturated rings. The van der Waals surface area contributed by atoms with Gasteiger partial charge in [-0.25, -0.2) is 4.79 Å². The lowest BCUT2D eigenvalue weighted by atomic mass is 9.47. The molecule has 4 aliphatic carbocycles. The normalized spacial score (nSPS) is 38.5. The Balaban J connectivity index is 1.29. The molecule has 198 valence electrons. The Morgan fingerprint density at radius 3 is 2.42 bits per heavy atom. The standard InChI is InChI=1S/C32H48N2O2/c1-19(2)14-20(3)27-8-9-28-26-7-6-22-17-25(36-30(35)21-15-23(33)18-24(34)16-21)10-12-31(22,4)29(26)11-13-32(27,28)5/h6,15-16,18-20,25-29H,7-14,17,33-34H2,1-5H3. The van der Waals surface area contributed by atoms with Gasteiger partial charge >= 0.3 is 5.97 Å². The van der Waals surface area contributed by atoms with Gasteiger partial charge in [-0.1, -0.05) is 46.3 Å². The summed E-state index contributed by atoms with van der Waals surface area (Å²) in [5.41, 5.74) is 15.6. The first-order valence-electron chi connectivity index (χ1n) is 14.6. The highest BCUT2D eigenvalue weighted by Crippen LogP contribution is 2.67. The topological polar surface area (TPSA) is 78.3 Å². The predicted molar refractivity (Wildman–Crippen MR) is 148 cm³/mol. The first-order valence-corrected chi connectivity index (χ1v) is 14.6. The zero-order chi connectivity index (χ0) is 25.8. The van der Waals surface area contributed by atoms with Crippen molar-refractivity contribution in [1.82, 2.24) is 0 Å². The molecular formula is C32H48N2O2. The lowest BCUT2D eigenvalue weighted by Gasteiger charge is -2.58. The molecule has 4 aliphatic rings. The molecule has 4 nitrogen and oxygen atoms in total. The fourth-order valence-electron chi connectivity index (χ4n) is 9.63. The highest BCUT2D eigenvalue weighted by atomic mass is 16.5. The number of carbonyl (C=O) groups is 1. The number of nitrogens with two attached hydrogens (primary N) is 2. The summed E-state index contributed by atoms with van der Waals surface area (Å²) in [5, 5.41) is 0. The van der Waals surface area contributed by atoms with E-state index in [1.165, 1.54) is 38.5 Å². The quantitative estimate of drug-likeness (QED) is 0.251. The van der Waals surface area contributed by atoms with Gasteiger partial charge < -0.3 is 16.2 Å². The largest absolute Gasteiger partial charge is 0.458 e. The van der Waals surface area contributed by atoms with Crippen molar-refractivity contribution < 1.29 is 9.53 Å². The van der Waals surface area contributed by atoms with Gasteiger partial charge in [-0.3, -0.25) is 0 Å². The molecule has 36 heavy (non-hydrogen) atoms. The summed E-state index contributed by atoms with van der Waals surface area (Å²) >= 11 is 0. The van der Waals surface area contributed by atoms with Crippen molar-refractivity contribution >= 4 is 17.3 Å². The molecule has 1 aromatic carbocycles. The molecule has 0 aromatic heterocycles. The van der Waals surface area contributed by atoms with Crippen LogP contribution >= 0.6 is 0 Å². The minimum atomic E-state index is -0.308. The lowest BCUT2D eigenvalue weighted by molar-refractivity contribution is -0.0599. The van der Waals surface area contributed by atoms with Crippen molar-refractivity contribution in [1.29, 1.82) is 0 Å². The average Bonchev–Trinajstić information content (AvgIpc) is 3.15. The summed E-state index contributed by atoms with van der Waals surface area (Å²) in [6.45, 7) is 12.5. The van der Waals surface area contributed by atoms with E-state index in [0.29, 0.717) is 22.4 Å². The van der Waals surface area contributed by atoms with Crippen LogP contribution in [0.5, 0.6) is 0 Å². The summed E-state index contributed by atoms with van der Waals surface area (Å²) in [6.07, 6.45) is 13.6. The third-order valence-corrected chi connectivity index (χ3v) is 11.1. The van der Waals surface area contributed by atoms with Crippen LogP contribution in [0.2, 0.25) is 0 Å². The summed E-state index contributed by atoms with van der Waals surface area (Å²) < 4.78 is 5.98. The van der Waals surface area contributed by atoms with Crippen LogP contribution in [-0.4, -0.2) is 12.1 Å². The number of ether oxygens (including phenoxy) is 1. The molecule has 0 bridgehead atoms. The zero-order valence-corrected chi connectivity index (χ0v) is 23.2. The zero-order valence-electron chi connectivity index (χ0n) is 23.2. The van der Waals surface area contributed by atoms with Gasteiger partial charge in [0.2, 0.25) is 0 Å². The van der Waals surface area contributed by atoms with Gasteiger partial charge in [0.1, 0.15) is 6.10 Å². The molecule has 5 rings (SSSR count). The van der Waals surface area contributed by atoms with Crippen molar-refractivity contribution in [2.45, 2.75) is 98.5 Å². The smallest absolute Gasteiger partial charge is 0.338 e. The van der Waals surface area contributed by atoms with E-state index in [4.69, 9.17) is 16.2 Å². The van der Waals surface area contributed by atoms with E-state index >= 15 is 0 Å². The molecule has 4 N–H and O–H groups in total. The SMILES string of the molecule is CC(C)CC(C)C1CCC2C3CC=C4CC(OC(=O)c5cc(N)cc(N)c5)CCC4(C)C3CCC12C. The molecule has 1 aromatic rings. The Bertz CT molecular complexity index is 1010. The maximum absolute atomic E-state index is 12.8. The molecule has 8 atom stereocenters. The fraction of sp³-hybridized carbons (Fsp3) is 0.719. The highest BCUT2D eigenvalue weighted by Gasteiger charge is 2.59. The number of esters is 1. The van der Waals surface area contributed by atoms with Crippen molar-refractivity contribution in [2.75, 3.05) is 11.5 Å². The third kappa shape index (κ3) is 4.37. The van der Waals surface area contributed by atoms with Gasteiger partial charge in [0.15, 0.2) is 0 Å². The molecule has 8 unspecified atom stereocenters. The van der Waals surface area contributed by atoms with Crippen molar-refractivity contribution in [3.8, 4) is 0 Å². The summed E-state index contributed by atoms with van der Waals surface area (Å²) in [7, 11) is 0. The second-order valence-electron chi connectivity index (χ2n) is 13.8. The maximum atomic E-state index is 12.8. The number of nitrogen functional groups attached to an aromatic ring is 2. The van der Waals surface area contributed by atoms with Gasteiger partial charge in [0.25, 0.3) is 0 Å². The van der Waals surface area contributed by atoms with Crippen LogP contribution in [0, 0.1) is 46.3 Å². The Labute approximate surface area is 218 Å². The van der Waals surface area contributed by atoms with Crippen LogP contribution in [0.1, 0.15) is 103 Å². The molecule has 0 saturated heterocycles. The number of hydrogen-bond donors (Lipinski definition) is 2. The number of benzene rings is 1. The van der Waals surface area contributed by atoms with E-state index in [1.807, 2.05) is 0 Å². The van der Waals surface area contributed by atoms with E-state index in [1.54, 1.807) is 23.8 Å². The van der Waals surface area contributed by atoms with Crippen molar-refractivity contribution in [3.63, 3.8) is 0 Å². The molecule has 3 saturated carbocycles. The number of allylic oxidation sites excluding steroid dienone is 1. The van der Waals surface area contributed by atoms with Crippen LogP contribution in [-0.2, 0) is 4.74 Å². The van der Waals surface area contributed by atoms with Crippen molar-refractivity contribution in [2.24, 2.45) is 46.3 Å². The Morgan fingerprint density at radius 1 is 1.00 bits per heavy atom. The molecule has 4 heteroatoms.